The SMILES string of the molecule is CSc1ccc(C(C)Nc2cccc3ccccc23)cc1. The molecule has 2 heteroatoms. The minimum absolute atomic E-state index is 0.284. The van der Waals surface area contributed by atoms with Gasteiger partial charge in [-0.3, -0.25) is 0 Å². The van der Waals surface area contributed by atoms with Crippen molar-refractivity contribution in [3.8, 4) is 0 Å². The Morgan fingerprint density at radius 3 is 2.33 bits per heavy atom. The normalized spacial score (nSPS) is 12.3. The van der Waals surface area contributed by atoms with Crippen LogP contribution in [0.5, 0.6) is 0 Å². The van der Waals surface area contributed by atoms with Gasteiger partial charge < -0.3 is 5.32 Å². The van der Waals surface area contributed by atoms with Crippen molar-refractivity contribution in [2.45, 2.75) is 17.9 Å². The molecule has 1 nitrogen and oxygen atoms in total. The molecule has 3 rings (SSSR count). The molecular weight excluding hydrogens is 274 g/mol. The van der Waals surface area contributed by atoms with Crippen molar-refractivity contribution in [1.82, 2.24) is 0 Å². The molecule has 1 N–H and O–H groups in total. The fourth-order valence-corrected chi connectivity index (χ4v) is 2.97. The third kappa shape index (κ3) is 3.06. The van der Waals surface area contributed by atoms with Crippen LogP contribution in [0.2, 0.25) is 0 Å². The number of fused-ring (bicyclic) bond motifs is 1. The van der Waals surface area contributed by atoms with Crippen molar-refractivity contribution in [3.05, 3.63) is 72.3 Å². The van der Waals surface area contributed by atoms with Crippen LogP contribution >= 0.6 is 11.8 Å². The molecule has 3 aromatic rings. The fourth-order valence-electron chi connectivity index (χ4n) is 2.56. The molecule has 3 aromatic carbocycles. The largest absolute Gasteiger partial charge is 0.378 e. The molecule has 0 saturated carbocycles. The number of hydrogen-bond acceptors (Lipinski definition) is 2. The summed E-state index contributed by atoms with van der Waals surface area (Å²) in [5.41, 5.74) is 2.50. The van der Waals surface area contributed by atoms with Crippen LogP contribution in [0.3, 0.4) is 0 Å². The van der Waals surface area contributed by atoms with Crippen LogP contribution < -0.4 is 5.32 Å². The maximum Gasteiger partial charge on any atom is 0.0485 e. The predicted molar refractivity (Wildman–Crippen MR) is 94.2 cm³/mol. The van der Waals surface area contributed by atoms with Crippen molar-refractivity contribution < 1.29 is 0 Å². The first-order chi connectivity index (χ1) is 10.3. The maximum atomic E-state index is 3.63. The molecule has 0 aromatic heterocycles. The van der Waals surface area contributed by atoms with Crippen LogP contribution in [0.1, 0.15) is 18.5 Å². The van der Waals surface area contributed by atoms with Gasteiger partial charge in [-0.1, -0.05) is 48.5 Å². The molecule has 0 radical (unpaired) electrons. The Hall–Kier alpha value is -1.93. The molecule has 0 bridgehead atoms. The number of hydrogen-bond donors (Lipinski definition) is 1. The highest BCUT2D eigenvalue weighted by atomic mass is 32.2. The Labute approximate surface area is 130 Å². The van der Waals surface area contributed by atoms with Crippen LogP contribution in [-0.4, -0.2) is 6.26 Å². The standard InChI is InChI=1S/C19H19NS/c1-14(15-10-12-17(21-2)13-11-15)20-19-9-5-7-16-6-3-4-8-18(16)19/h3-14,20H,1-2H3. The first-order valence-electron chi connectivity index (χ1n) is 7.16. The van der Waals surface area contributed by atoms with Crippen LogP contribution in [-0.2, 0) is 0 Å². The van der Waals surface area contributed by atoms with Gasteiger partial charge in [0.1, 0.15) is 0 Å². The van der Waals surface area contributed by atoms with E-state index < -0.39 is 0 Å². The first-order valence-corrected chi connectivity index (χ1v) is 8.38. The van der Waals surface area contributed by atoms with Gasteiger partial charge in [-0.15, -0.1) is 11.8 Å². The zero-order valence-corrected chi connectivity index (χ0v) is 13.2. The van der Waals surface area contributed by atoms with E-state index in [0.717, 1.165) is 0 Å². The second kappa shape index (κ2) is 6.23. The molecule has 0 fully saturated rings. The summed E-state index contributed by atoms with van der Waals surface area (Å²) in [6.07, 6.45) is 2.10. The monoisotopic (exact) mass is 293 g/mol. The lowest BCUT2D eigenvalue weighted by Crippen LogP contribution is -2.06. The van der Waals surface area contributed by atoms with Gasteiger partial charge >= 0.3 is 0 Å². The van der Waals surface area contributed by atoms with Crippen LogP contribution in [0.15, 0.2) is 71.6 Å². The Morgan fingerprint density at radius 2 is 1.57 bits per heavy atom. The second-order valence-corrected chi connectivity index (χ2v) is 6.05. The van der Waals surface area contributed by atoms with Crippen molar-refractivity contribution >= 4 is 28.2 Å². The van der Waals surface area contributed by atoms with Crippen LogP contribution in [0.4, 0.5) is 5.69 Å². The molecule has 0 aliphatic carbocycles. The molecule has 0 spiro atoms. The summed E-state index contributed by atoms with van der Waals surface area (Å²) in [6.45, 7) is 2.20. The van der Waals surface area contributed by atoms with E-state index in [9.17, 15) is 0 Å². The summed E-state index contributed by atoms with van der Waals surface area (Å²) in [7, 11) is 0. The fraction of sp³-hybridized carbons (Fsp3) is 0.158. The summed E-state index contributed by atoms with van der Waals surface area (Å²) in [5, 5.41) is 6.17. The van der Waals surface area contributed by atoms with Gasteiger partial charge in [0.25, 0.3) is 0 Å². The molecule has 21 heavy (non-hydrogen) atoms. The van der Waals surface area contributed by atoms with Crippen molar-refractivity contribution in [2.75, 3.05) is 11.6 Å². The van der Waals surface area contributed by atoms with Gasteiger partial charge in [0.15, 0.2) is 0 Å². The summed E-state index contributed by atoms with van der Waals surface area (Å²) in [6, 6.07) is 23.9. The molecule has 0 saturated heterocycles. The predicted octanol–water partition coefficient (Wildman–Crippen LogP) is 5.73. The van der Waals surface area contributed by atoms with E-state index in [0.29, 0.717) is 0 Å². The van der Waals surface area contributed by atoms with Gasteiger partial charge in [0.2, 0.25) is 0 Å². The number of thioether (sulfide) groups is 1. The number of anilines is 1. The van der Waals surface area contributed by atoms with Gasteiger partial charge in [-0.25, -0.2) is 0 Å². The van der Waals surface area contributed by atoms with Crippen molar-refractivity contribution in [2.24, 2.45) is 0 Å². The number of benzene rings is 3. The maximum absolute atomic E-state index is 3.63. The topological polar surface area (TPSA) is 12.0 Å². The van der Waals surface area contributed by atoms with E-state index in [-0.39, 0.29) is 6.04 Å². The third-order valence-electron chi connectivity index (χ3n) is 3.78. The quantitative estimate of drug-likeness (QED) is 0.616. The van der Waals surface area contributed by atoms with E-state index >= 15 is 0 Å². The summed E-state index contributed by atoms with van der Waals surface area (Å²) in [5.74, 6) is 0. The highest BCUT2D eigenvalue weighted by Crippen LogP contribution is 2.27. The van der Waals surface area contributed by atoms with Gasteiger partial charge in [-0.2, -0.15) is 0 Å². The molecule has 1 unspecified atom stereocenters. The van der Waals surface area contributed by atoms with Crippen molar-refractivity contribution in [1.29, 1.82) is 0 Å². The Morgan fingerprint density at radius 1 is 0.857 bits per heavy atom. The Bertz CT molecular complexity index is 729. The van der Waals surface area contributed by atoms with Gasteiger partial charge in [0.05, 0.1) is 0 Å². The molecule has 0 heterocycles. The molecule has 0 aliphatic rings. The minimum atomic E-state index is 0.284. The molecule has 106 valence electrons. The summed E-state index contributed by atoms with van der Waals surface area (Å²) in [4.78, 5) is 1.30. The van der Waals surface area contributed by atoms with Crippen molar-refractivity contribution in [3.63, 3.8) is 0 Å². The lowest BCUT2D eigenvalue weighted by molar-refractivity contribution is 0.885. The minimum Gasteiger partial charge on any atom is -0.378 e. The van der Waals surface area contributed by atoms with E-state index in [2.05, 4.69) is 85.2 Å². The van der Waals surface area contributed by atoms with E-state index in [1.54, 1.807) is 11.8 Å². The first kappa shape index (κ1) is 14.0. The zero-order valence-electron chi connectivity index (χ0n) is 12.3. The van der Waals surface area contributed by atoms with E-state index in [1.807, 2.05) is 0 Å². The highest BCUT2D eigenvalue weighted by Gasteiger charge is 2.07. The Kier molecular flexibility index (Phi) is 4.16. The average Bonchev–Trinajstić information content (AvgIpc) is 2.55. The lowest BCUT2D eigenvalue weighted by Gasteiger charge is -2.17. The Balaban J connectivity index is 1.87. The summed E-state index contributed by atoms with van der Waals surface area (Å²) < 4.78 is 0. The van der Waals surface area contributed by atoms with E-state index in [1.165, 1.54) is 26.9 Å². The summed E-state index contributed by atoms with van der Waals surface area (Å²) >= 11 is 1.77. The number of rotatable bonds is 4. The van der Waals surface area contributed by atoms with Crippen LogP contribution in [0, 0.1) is 0 Å². The molecule has 1 atom stereocenters. The second-order valence-electron chi connectivity index (χ2n) is 5.17. The smallest absolute Gasteiger partial charge is 0.0485 e. The zero-order chi connectivity index (χ0) is 14.7. The molecule has 0 aliphatic heterocycles. The molecule has 0 amide bonds. The lowest BCUT2D eigenvalue weighted by atomic mass is 10.1. The average molecular weight is 293 g/mol. The third-order valence-corrected chi connectivity index (χ3v) is 4.52. The molecular formula is C19H19NS. The van der Waals surface area contributed by atoms with Crippen LogP contribution in [0.25, 0.3) is 10.8 Å². The van der Waals surface area contributed by atoms with Gasteiger partial charge in [-0.05, 0) is 42.3 Å². The van der Waals surface area contributed by atoms with Gasteiger partial charge in [0, 0.05) is 22.0 Å². The van der Waals surface area contributed by atoms with E-state index in [4.69, 9.17) is 0 Å². The number of nitrogens with one attached hydrogen (secondary N) is 1. The highest BCUT2D eigenvalue weighted by molar-refractivity contribution is 7.98.